The van der Waals surface area contributed by atoms with E-state index in [1.807, 2.05) is 37.3 Å². The van der Waals surface area contributed by atoms with Crippen molar-refractivity contribution in [3.63, 3.8) is 0 Å². The van der Waals surface area contributed by atoms with Gasteiger partial charge in [-0.2, -0.15) is 0 Å². The standard InChI is InChI=1S/C21H20BrFN4O/c1-15-4-2-7-19(26-15)13-27(14-28)20-11-17(22)12-25-21(20)24-9-8-16-5-3-6-18(23)10-16/h2-7,10-12,14H,8-9,13H2,1H3,(H,24,25). The molecule has 0 radical (unpaired) electrons. The number of aromatic nitrogens is 2. The first-order valence-electron chi connectivity index (χ1n) is 8.83. The van der Waals surface area contributed by atoms with E-state index in [4.69, 9.17) is 0 Å². The van der Waals surface area contributed by atoms with Crippen LogP contribution in [0.2, 0.25) is 0 Å². The van der Waals surface area contributed by atoms with E-state index >= 15 is 0 Å². The van der Waals surface area contributed by atoms with Gasteiger partial charge in [-0.3, -0.25) is 9.78 Å². The molecule has 0 saturated heterocycles. The van der Waals surface area contributed by atoms with Crippen LogP contribution in [0, 0.1) is 12.7 Å². The average molecular weight is 443 g/mol. The first kappa shape index (κ1) is 19.9. The molecule has 0 fully saturated rings. The van der Waals surface area contributed by atoms with Crippen molar-refractivity contribution in [1.29, 1.82) is 0 Å². The number of amides is 1. The summed E-state index contributed by atoms with van der Waals surface area (Å²) < 4.78 is 14.1. The Morgan fingerprint density at radius 2 is 2.04 bits per heavy atom. The third kappa shape index (κ3) is 5.36. The monoisotopic (exact) mass is 442 g/mol. The third-order valence-corrected chi connectivity index (χ3v) is 4.58. The summed E-state index contributed by atoms with van der Waals surface area (Å²) in [6.45, 7) is 2.80. The summed E-state index contributed by atoms with van der Waals surface area (Å²) in [6, 6.07) is 14.0. The van der Waals surface area contributed by atoms with Crippen molar-refractivity contribution in [2.75, 3.05) is 16.8 Å². The summed E-state index contributed by atoms with van der Waals surface area (Å²) in [4.78, 5) is 22.2. The van der Waals surface area contributed by atoms with Crippen molar-refractivity contribution in [3.05, 3.63) is 82.0 Å². The zero-order chi connectivity index (χ0) is 19.9. The zero-order valence-corrected chi connectivity index (χ0v) is 17.0. The Morgan fingerprint density at radius 1 is 1.21 bits per heavy atom. The lowest BCUT2D eigenvalue weighted by Gasteiger charge is -2.21. The second kappa shape index (κ2) is 9.41. The van der Waals surface area contributed by atoms with E-state index in [9.17, 15) is 9.18 Å². The maximum atomic E-state index is 13.3. The molecule has 3 rings (SSSR count). The molecule has 0 unspecified atom stereocenters. The van der Waals surface area contributed by atoms with Crippen molar-refractivity contribution in [3.8, 4) is 0 Å². The number of hydrogen-bond acceptors (Lipinski definition) is 4. The van der Waals surface area contributed by atoms with Gasteiger partial charge in [-0.1, -0.05) is 18.2 Å². The van der Waals surface area contributed by atoms with Crippen molar-refractivity contribution >= 4 is 33.8 Å². The summed E-state index contributed by atoms with van der Waals surface area (Å²) in [5.41, 5.74) is 3.22. The SMILES string of the molecule is Cc1cccc(CN(C=O)c2cc(Br)cnc2NCCc2cccc(F)c2)n1. The number of carbonyl (C=O) groups is 1. The largest absolute Gasteiger partial charge is 0.368 e. The molecule has 0 bridgehead atoms. The molecular formula is C21H20BrFN4O. The van der Waals surface area contributed by atoms with Crippen molar-refractivity contribution in [2.24, 2.45) is 0 Å². The van der Waals surface area contributed by atoms with Crippen LogP contribution in [0.25, 0.3) is 0 Å². The predicted molar refractivity (Wildman–Crippen MR) is 112 cm³/mol. The van der Waals surface area contributed by atoms with Crippen LogP contribution in [-0.2, 0) is 17.8 Å². The number of nitrogens with zero attached hydrogens (tertiary/aromatic N) is 3. The van der Waals surface area contributed by atoms with Gasteiger partial charge in [0.2, 0.25) is 6.41 Å². The summed E-state index contributed by atoms with van der Waals surface area (Å²) >= 11 is 3.41. The lowest BCUT2D eigenvalue weighted by Crippen LogP contribution is -2.23. The molecule has 7 heteroatoms. The molecule has 0 aliphatic heterocycles. The number of halogens is 2. The highest BCUT2D eigenvalue weighted by Gasteiger charge is 2.14. The summed E-state index contributed by atoms with van der Waals surface area (Å²) in [5, 5.41) is 3.25. The predicted octanol–water partition coefficient (Wildman–Crippen LogP) is 4.50. The van der Waals surface area contributed by atoms with Crippen LogP contribution in [0.4, 0.5) is 15.9 Å². The molecule has 1 N–H and O–H groups in total. The number of pyridine rings is 2. The number of aryl methyl sites for hydroxylation is 1. The van der Waals surface area contributed by atoms with Crippen LogP contribution < -0.4 is 10.2 Å². The Labute approximate surface area is 171 Å². The molecule has 144 valence electrons. The topological polar surface area (TPSA) is 58.1 Å². The molecule has 5 nitrogen and oxygen atoms in total. The molecule has 28 heavy (non-hydrogen) atoms. The molecular weight excluding hydrogens is 423 g/mol. The second-order valence-corrected chi connectivity index (χ2v) is 7.25. The van der Waals surface area contributed by atoms with Gasteiger partial charge in [0.15, 0.2) is 0 Å². The first-order chi connectivity index (χ1) is 13.5. The van der Waals surface area contributed by atoms with Crippen molar-refractivity contribution in [2.45, 2.75) is 19.9 Å². The Morgan fingerprint density at radius 3 is 2.79 bits per heavy atom. The Balaban J connectivity index is 1.75. The lowest BCUT2D eigenvalue weighted by atomic mass is 10.1. The highest BCUT2D eigenvalue weighted by atomic mass is 79.9. The highest BCUT2D eigenvalue weighted by Crippen LogP contribution is 2.27. The Kier molecular flexibility index (Phi) is 6.71. The molecule has 0 atom stereocenters. The molecule has 0 aliphatic rings. The quantitative estimate of drug-likeness (QED) is 0.521. The second-order valence-electron chi connectivity index (χ2n) is 6.33. The van der Waals surface area contributed by atoms with Crippen molar-refractivity contribution in [1.82, 2.24) is 9.97 Å². The van der Waals surface area contributed by atoms with Crippen LogP contribution in [-0.4, -0.2) is 22.9 Å². The number of rotatable bonds is 8. The number of carbonyl (C=O) groups excluding carboxylic acids is 1. The molecule has 3 aromatic rings. The fourth-order valence-electron chi connectivity index (χ4n) is 2.84. The van der Waals surface area contributed by atoms with Crippen LogP contribution in [0.15, 0.2) is 59.2 Å². The Bertz CT molecular complexity index is 967. The van der Waals surface area contributed by atoms with Crippen molar-refractivity contribution < 1.29 is 9.18 Å². The van der Waals surface area contributed by atoms with Crippen LogP contribution in [0.5, 0.6) is 0 Å². The molecule has 0 spiro atoms. The van der Waals surface area contributed by atoms with Crippen LogP contribution >= 0.6 is 15.9 Å². The van der Waals surface area contributed by atoms with Crippen LogP contribution in [0.1, 0.15) is 17.0 Å². The van der Waals surface area contributed by atoms with E-state index < -0.39 is 0 Å². The molecule has 2 heterocycles. The van der Waals surface area contributed by atoms with Gasteiger partial charge in [-0.25, -0.2) is 9.37 Å². The van der Waals surface area contributed by atoms with Gasteiger partial charge in [0.05, 0.1) is 17.9 Å². The Hall–Kier alpha value is -2.80. The van der Waals surface area contributed by atoms with E-state index in [-0.39, 0.29) is 5.82 Å². The van der Waals surface area contributed by atoms with E-state index in [2.05, 4.69) is 31.2 Å². The minimum atomic E-state index is -0.252. The first-order valence-corrected chi connectivity index (χ1v) is 9.63. The lowest BCUT2D eigenvalue weighted by molar-refractivity contribution is -0.107. The van der Waals surface area contributed by atoms with Gasteiger partial charge in [0.25, 0.3) is 0 Å². The van der Waals surface area contributed by atoms with E-state index in [1.54, 1.807) is 17.2 Å². The normalized spacial score (nSPS) is 10.5. The number of benzene rings is 1. The van der Waals surface area contributed by atoms with Gasteiger partial charge >= 0.3 is 0 Å². The number of nitrogens with one attached hydrogen (secondary N) is 1. The minimum absolute atomic E-state index is 0.252. The highest BCUT2D eigenvalue weighted by molar-refractivity contribution is 9.10. The average Bonchev–Trinajstić information content (AvgIpc) is 2.67. The summed E-state index contributed by atoms with van der Waals surface area (Å²) in [5.74, 6) is 0.331. The number of anilines is 2. The molecule has 0 aliphatic carbocycles. The van der Waals surface area contributed by atoms with Gasteiger partial charge in [0.1, 0.15) is 11.6 Å². The fraction of sp³-hybridized carbons (Fsp3) is 0.190. The van der Waals surface area contributed by atoms with Gasteiger partial charge in [-0.05, 0) is 65.2 Å². The van der Waals surface area contributed by atoms with Crippen LogP contribution in [0.3, 0.4) is 0 Å². The number of hydrogen-bond donors (Lipinski definition) is 1. The van der Waals surface area contributed by atoms with E-state index in [0.29, 0.717) is 31.0 Å². The smallest absolute Gasteiger partial charge is 0.214 e. The van der Waals surface area contributed by atoms with Gasteiger partial charge in [0, 0.05) is 22.9 Å². The minimum Gasteiger partial charge on any atom is -0.368 e. The van der Waals surface area contributed by atoms with Gasteiger partial charge < -0.3 is 10.2 Å². The van der Waals surface area contributed by atoms with E-state index in [0.717, 1.165) is 27.8 Å². The fourth-order valence-corrected chi connectivity index (χ4v) is 3.16. The molecule has 1 aromatic carbocycles. The maximum Gasteiger partial charge on any atom is 0.214 e. The maximum absolute atomic E-state index is 13.3. The van der Waals surface area contributed by atoms with E-state index in [1.165, 1.54) is 12.1 Å². The zero-order valence-electron chi connectivity index (χ0n) is 15.4. The molecule has 2 aromatic heterocycles. The van der Waals surface area contributed by atoms with Gasteiger partial charge in [-0.15, -0.1) is 0 Å². The molecule has 1 amide bonds. The third-order valence-electron chi connectivity index (χ3n) is 4.14. The summed E-state index contributed by atoms with van der Waals surface area (Å²) in [7, 11) is 0. The molecule has 0 saturated carbocycles. The summed E-state index contributed by atoms with van der Waals surface area (Å²) in [6.07, 6.45) is 3.07.